The van der Waals surface area contributed by atoms with Crippen LogP contribution in [-0.2, 0) is 0 Å². The third-order valence-corrected chi connectivity index (χ3v) is 3.75. The Morgan fingerprint density at radius 2 is 1.75 bits per heavy atom. The number of carboxylic acid groups (broad SMARTS) is 1. The summed E-state index contributed by atoms with van der Waals surface area (Å²) in [5.74, 6) is 1.24. The molecule has 16 heavy (non-hydrogen) atoms. The van der Waals surface area contributed by atoms with Crippen molar-refractivity contribution in [3.05, 3.63) is 0 Å². The van der Waals surface area contributed by atoms with E-state index in [2.05, 4.69) is 4.90 Å². The molecule has 0 spiro atoms. The average molecular weight is 228 g/mol. The zero-order chi connectivity index (χ0) is 11.5. The van der Waals surface area contributed by atoms with Crippen molar-refractivity contribution in [2.45, 2.75) is 12.8 Å². The van der Waals surface area contributed by atoms with E-state index < -0.39 is 6.09 Å². The van der Waals surface area contributed by atoms with Crippen molar-refractivity contribution in [2.75, 3.05) is 39.3 Å². The Labute approximate surface area is 95.6 Å². The second-order valence-electron chi connectivity index (χ2n) is 4.96. The quantitative estimate of drug-likeness (QED) is 0.729. The maximum Gasteiger partial charge on any atom is 0.407 e. The lowest BCUT2D eigenvalue weighted by Crippen LogP contribution is -2.50. The number of amides is 1. The van der Waals surface area contributed by atoms with Gasteiger partial charge in [-0.1, -0.05) is 0 Å². The van der Waals surface area contributed by atoms with E-state index in [1.54, 1.807) is 0 Å². The maximum atomic E-state index is 10.7. The molecule has 5 nitrogen and oxygen atoms in total. The van der Waals surface area contributed by atoms with Gasteiger partial charge in [0, 0.05) is 39.3 Å². The van der Waals surface area contributed by atoms with Gasteiger partial charge < -0.3 is 15.1 Å². The van der Waals surface area contributed by atoms with Crippen LogP contribution in [0.2, 0.25) is 0 Å². The van der Waals surface area contributed by atoms with Gasteiger partial charge in [-0.2, -0.15) is 0 Å². The van der Waals surface area contributed by atoms with Gasteiger partial charge in [0.1, 0.15) is 0 Å². The molecule has 0 aromatic rings. The van der Waals surface area contributed by atoms with E-state index in [1.165, 1.54) is 4.90 Å². The summed E-state index contributed by atoms with van der Waals surface area (Å²) in [6.45, 7) is 4.36. The van der Waals surface area contributed by atoms with E-state index in [9.17, 15) is 4.79 Å². The first-order chi connectivity index (χ1) is 7.69. The highest BCUT2D eigenvalue weighted by molar-refractivity contribution is 5.65. The molecule has 2 aliphatic rings. The number of nitrogens with zero attached hydrogens (tertiary/aromatic N) is 2. The maximum absolute atomic E-state index is 10.7. The van der Waals surface area contributed by atoms with E-state index >= 15 is 0 Å². The van der Waals surface area contributed by atoms with Crippen LogP contribution in [-0.4, -0.2) is 65.4 Å². The third-order valence-electron chi connectivity index (χ3n) is 3.75. The number of rotatable bonds is 3. The van der Waals surface area contributed by atoms with E-state index in [1.807, 2.05) is 0 Å². The highest BCUT2D eigenvalue weighted by Crippen LogP contribution is 2.33. The molecule has 5 heteroatoms. The Hall–Kier alpha value is -0.810. The largest absolute Gasteiger partial charge is 0.465 e. The minimum atomic E-state index is -0.802. The number of hydrogen-bond donors (Lipinski definition) is 2. The smallest absolute Gasteiger partial charge is 0.407 e. The molecule has 92 valence electrons. The fourth-order valence-electron chi connectivity index (χ4n) is 2.66. The minimum absolute atomic E-state index is 0.323. The predicted octanol–water partition coefficient (Wildman–Crippen LogP) is 0.301. The lowest BCUT2D eigenvalue weighted by atomic mass is 9.75. The van der Waals surface area contributed by atoms with Crippen molar-refractivity contribution < 1.29 is 15.0 Å². The van der Waals surface area contributed by atoms with Gasteiger partial charge in [-0.3, -0.25) is 4.90 Å². The van der Waals surface area contributed by atoms with Crippen molar-refractivity contribution in [3.8, 4) is 0 Å². The van der Waals surface area contributed by atoms with Crippen LogP contribution in [0.4, 0.5) is 4.79 Å². The Bertz CT molecular complexity index is 246. The molecule has 1 amide bonds. The molecule has 0 aromatic carbocycles. The molecule has 2 rings (SSSR count). The van der Waals surface area contributed by atoms with E-state index in [0.29, 0.717) is 31.5 Å². The molecule has 0 aromatic heterocycles. The average Bonchev–Trinajstić information content (AvgIpc) is 2.23. The summed E-state index contributed by atoms with van der Waals surface area (Å²) in [5.41, 5.74) is 0. The highest BCUT2D eigenvalue weighted by Gasteiger charge is 2.31. The van der Waals surface area contributed by atoms with Crippen LogP contribution in [0, 0.1) is 11.8 Å². The molecular formula is C11H20N2O3. The molecule has 0 radical (unpaired) electrons. The molecule has 1 aliphatic heterocycles. The fraction of sp³-hybridized carbons (Fsp3) is 0.909. The van der Waals surface area contributed by atoms with Gasteiger partial charge in [-0.05, 0) is 24.7 Å². The van der Waals surface area contributed by atoms with E-state index in [0.717, 1.165) is 32.5 Å². The molecule has 1 heterocycles. The molecule has 0 atom stereocenters. The Kier molecular flexibility index (Phi) is 3.66. The van der Waals surface area contributed by atoms with Crippen molar-refractivity contribution in [1.82, 2.24) is 9.80 Å². The van der Waals surface area contributed by atoms with E-state index in [4.69, 9.17) is 10.2 Å². The number of aliphatic hydroxyl groups excluding tert-OH is 1. The van der Waals surface area contributed by atoms with Crippen molar-refractivity contribution in [2.24, 2.45) is 11.8 Å². The lowest BCUT2D eigenvalue weighted by molar-refractivity contribution is 0.0550. The van der Waals surface area contributed by atoms with Crippen LogP contribution < -0.4 is 0 Å². The van der Waals surface area contributed by atoms with Crippen molar-refractivity contribution in [3.63, 3.8) is 0 Å². The lowest BCUT2D eigenvalue weighted by Gasteiger charge is -2.40. The summed E-state index contributed by atoms with van der Waals surface area (Å²) in [5, 5.41) is 17.7. The SMILES string of the molecule is O=C(O)N1CCN(CC2CC(CO)C2)CC1. The Morgan fingerprint density at radius 1 is 1.12 bits per heavy atom. The second kappa shape index (κ2) is 5.01. The zero-order valence-electron chi connectivity index (χ0n) is 9.51. The monoisotopic (exact) mass is 228 g/mol. The van der Waals surface area contributed by atoms with Crippen LogP contribution in [0.15, 0.2) is 0 Å². The molecule has 0 unspecified atom stereocenters. The summed E-state index contributed by atoms with van der Waals surface area (Å²) in [6.07, 6.45) is 1.47. The van der Waals surface area contributed by atoms with Crippen molar-refractivity contribution >= 4 is 6.09 Å². The summed E-state index contributed by atoms with van der Waals surface area (Å²) in [7, 11) is 0. The Morgan fingerprint density at radius 3 is 2.25 bits per heavy atom. The topological polar surface area (TPSA) is 64.0 Å². The number of carbonyl (C=O) groups is 1. The van der Waals surface area contributed by atoms with Gasteiger partial charge in [-0.25, -0.2) is 4.79 Å². The van der Waals surface area contributed by atoms with Crippen LogP contribution >= 0.6 is 0 Å². The number of piperazine rings is 1. The van der Waals surface area contributed by atoms with Crippen molar-refractivity contribution in [1.29, 1.82) is 0 Å². The first-order valence-corrected chi connectivity index (χ1v) is 6.00. The molecular weight excluding hydrogens is 208 g/mol. The minimum Gasteiger partial charge on any atom is -0.465 e. The second-order valence-corrected chi connectivity index (χ2v) is 4.96. The van der Waals surface area contributed by atoms with Crippen LogP contribution in [0.3, 0.4) is 0 Å². The zero-order valence-corrected chi connectivity index (χ0v) is 9.51. The number of aliphatic hydroxyl groups is 1. The first-order valence-electron chi connectivity index (χ1n) is 6.00. The molecule has 0 bridgehead atoms. The predicted molar refractivity (Wildman–Crippen MR) is 59.3 cm³/mol. The first kappa shape index (κ1) is 11.7. The molecule has 2 fully saturated rings. The van der Waals surface area contributed by atoms with Crippen LogP contribution in [0.5, 0.6) is 0 Å². The summed E-state index contributed by atoms with van der Waals surface area (Å²) >= 11 is 0. The molecule has 1 aliphatic carbocycles. The third kappa shape index (κ3) is 2.65. The van der Waals surface area contributed by atoms with Gasteiger partial charge >= 0.3 is 6.09 Å². The fourth-order valence-corrected chi connectivity index (χ4v) is 2.66. The van der Waals surface area contributed by atoms with Gasteiger partial charge in [0.25, 0.3) is 0 Å². The van der Waals surface area contributed by atoms with Crippen LogP contribution in [0.1, 0.15) is 12.8 Å². The molecule has 2 N–H and O–H groups in total. The molecule has 1 saturated heterocycles. The highest BCUT2D eigenvalue weighted by atomic mass is 16.4. The van der Waals surface area contributed by atoms with Gasteiger partial charge in [0.2, 0.25) is 0 Å². The summed E-state index contributed by atoms with van der Waals surface area (Å²) in [6, 6.07) is 0. The number of hydrogen-bond acceptors (Lipinski definition) is 3. The normalized spacial score (nSPS) is 31.2. The van der Waals surface area contributed by atoms with E-state index in [-0.39, 0.29) is 0 Å². The molecule has 1 saturated carbocycles. The standard InChI is InChI=1S/C11H20N2O3/c14-8-10-5-9(6-10)7-12-1-3-13(4-2-12)11(15)16/h9-10,14H,1-8H2,(H,15,16). The van der Waals surface area contributed by atoms with Crippen LogP contribution in [0.25, 0.3) is 0 Å². The summed E-state index contributed by atoms with van der Waals surface area (Å²) in [4.78, 5) is 14.5. The summed E-state index contributed by atoms with van der Waals surface area (Å²) < 4.78 is 0. The Balaban J connectivity index is 1.64. The van der Waals surface area contributed by atoms with Gasteiger partial charge in [0.15, 0.2) is 0 Å². The van der Waals surface area contributed by atoms with Gasteiger partial charge in [-0.15, -0.1) is 0 Å². The van der Waals surface area contributed by atoms with Gasteiger partial charge in [0.05, 0.1) is 0 Å².